The lowest BCUT2D eigenvalue weighted by molar-refractivity contribution is -0.129. The summed E-state index contributed by atoms with van der Waals surface area (Å²) in [5, 5.41) is 1.01. The SMILES string of the molecule is CCOc1cc(/C=C2\N=C(c3ccc(C(C)C)cc3)OC2=O)cc(Cl)c1OCc1ccc(Cl)cc1. The number of halogens is 2. The summed E-state index contributed by atoms with van der Waals surface area (Å²) in [6.45, 7) is 6.84. The summed E-state index contributed by atoms with van der Waals surface area (Å²) in [7, 11) is 0. The van der Waals surface area contributed by atoms with Crippen LogP contribution in [0.5, 0.6) is 11.5 Å². The van der Waals surface area contributed by atoms with Crippen molar-refractivity contribution >= 4 is 41.1 Å². The first-order valence-electron chi connectivity index (χ1n) is 11.3. The Labute approximate surface area is 215 Å². The van der Waals surface area contributed by atoms with E-state index >= 15 is 0 Å². The monoisotopic (exact) mass is 509 g/mol. The van der Waals surface area contributed by atoms with E-state index in [4.69, 9.17) is 37.4 Å². The maximum atomic E-state index is 12.5. The van der Waals surface area contributed by atoms with E-state index < -0.39 is 5.97 Å². The second kappa shape index (κ2) is 11.0. The average Bonchev–Trinajstić information content (AvgIpc) is 3.20. The van der Waals surface area contributed by atoms with Gasteiger partial charge in [0.05, 0.1) is 11.6 Å². The molecule has 180 valence electrons. The Bertz CT molecular complexity index is 1280. The normalized spacial score (nSPS) is 14.3. The van der Waals surface area contributed by atoms with Crippen molar-refractivity contribution in [2.75, 3.05) is 6.61 Å². The van der Waals surface area contributed by atoms with Crippen molar-refractivity contribution in [2.45, 2.75) is 33.3 Å². The van der Waals surface area contributed by atoms with Gasteiger partial charge in [0.2, 0.25) is 5.90 Å². The molecule has 0 bridgehead atoms. The topological polar surface area (TPSA) is 57.1 Å². The zero-order valence-corrected chi connectivity index (χ0v) is 21.2. The summed E-state index contributed by atoms with van der Waals surface area (Å²) < 4.78 is 17.1. The van der Waals surface area contributed by atoms with Crippen LogP contribution in [0.2, 0.25) is 10.0 Å². The molecule has 7 heteroatoms. The molecule has 35 heavy (non-hydrogen) atoms. The van der Waals surface area contributed by atoms with E-state index in [0.717, 1.165) is 11.1 Å². The van der Waals surface area contributed by atoms with E-state index in [-0.39, 0.29) is 11.6 Å². The third-order valence-electron chi connectivity index (χ3n) is 5.38. The van der Waals surface area contributed by atoms with E-state index in [2.05, 4.69) is 18.8 Å². The lowest BCUT2D eigenvalue weighted by Crippen LogP contribution is -2.05. The fourth-order valence-electron chi connectivity index (χ4n) is 3.51. The molecule has 1 aliphatic heterocycles. The summed E-state index contributed by atoms with van der Waals surface area (Å²) in [5.74, 6) is 1.06. The molecular weight excluding hydrogens is 485 g/mol. The number of carbonyl (C=O) groups is 1. The highest BCUT2D eigenvalue weighted by atomic mass is 35.5. The van der Waals surface area contributed by atoms with Gasteiger partial charge in [-0.15, -0.1) is 0 Å². The van der Waals surface area contributed by atoms with Gasteiger partial charge >= 0.3 is 5.97 Å². The van der Waals surface area contributed by atoms with Gasteiger partial charge in [-0.05, 0) is 72.0 Å². The molecule has 0 N–H and O–H groups in total. The number of esters is 1. The molecule has 0 aliphatic carbocycles. The van der Waals surface area contributed by atoms with Crippen molar-refractivity contribution in [3.63, 3.8) is 0 Å². The largest absolute Gasteiger partial charge is 0.490 e. The Balaban J connectivity index is 1.58. The Morgan fingerprint density at radius 3 is 2.37 bits per heavy atom. The molecule has 3 aromatic carbocycles. The van der Waals surface area contributed by atoms with E-state index in [1.165, 1.54) is 5.56 Å². The second-order valence-electron chi connectivity index (χ2n) is 8.29. The van der Waals surface area contributed by atoms with Crippen LogP contribution in [0.25, 0.3) is 6.08 Å². The summed E-state index contributed by atoms with van der Waals surface area (Å²) in [5.41, 5.74) is 3.71. The van der Waals surface area contributed by atoms with Crippen molar-refractivity contribution in [1.29, 1.82) is 0 Å². The van der Waals surface area contributed by atoms with Gasteiger partial charge < -0.3 is 14.2 Å². The van der Waals surface area contributed by atoms with Crippen LogP contribution in [-0.2, 0) is 16.1 Å². The number of aliphatic imine (C=N–C) groups is 1. The highest BCUT2D eigenvalue weighted by Crippen LogP contribution is 2.38. The second-order valence-corrected chi connectivity index (χ2v) is 9.13. The number of carbonyl (C=O) groups excluding carboxylic acids is 1. The van der Waals surface area contributed by atoms with Crippen LogP contribution < -0.4 is 9.47 Å². The molecular formula is C28H25Cl2NO4. The summed E-state index contributed by atoms with van der Waals surface area (Å²) in [6, 6.07) is 18.7. The van der Waals surface area contributed by atoms with E-state index in [9.17, 15) is 4.79 Å². The molecule has 0 radical (unpaired) electrons. The molecule has 1 aliphatic rings. The number of hydrogen-bond donors (Lipinski definition) is 0. The van der Waals surface area contributed by atoms with Gasteiger partial charge in [-0.2, -0.15) is 0 Å². The molecule has 5 nitrogen and oxygen atoms in total. The first kappa shape index (κ1) is 24.8. The van der Waals surface area contributed by atoms with Gasteiger partial charge in [0.1, 0.15) is 6.61 Å². The van der Waals surface area contributed by atoms with Gasteiger partial charge in [-0.1, -0.05) is 61.3 Å². The number of cyclic esters (lactones) is 1. The van der Waals surface area contributed by atoms with Crippen LogP contribution in [0.15, 0.2) is 71.4 Å². The Morgan fingerprint density at radius 2 is 1.71 bits per heavy atom. The molecule has 3 aromatic rings. The first-order chi connectivity index (χ1) is 16.8. The molecule has 0 fully saturated rings. The van der Waals surface area contributed by atoms with Crippen LogP contribution in [0, 0.1) is 0 Å². The third kappa shape index (κ3) is 6.05. The fourth-order valence-corrected chi connectivity index (χ4v) is 3.91. The Morgan fingerprint density at radius 1 is 1.00 bits per heavy atom. The van der Waals surface area contributed by atoms with Gasteiger partial charge in [0, 0.05) is 10.6 Å². The maximum Gasteiger partial charge on any atom is 0.363 e. The first-order valence-corrected chi connectivity index (χ1v) is 12.1. The smallest absolute Gasteiger partial charge is 0.363 e. The molecule has 0 atom stereocenters. The number of nitrogens with zero attached hydrogens (tertiary/aromatic N) is 1. The van der Waals surface area contributed by atoms with Gasteiger partial charge in [-0.3, -0.25) is 0 Å². The number of hydrogen-bond acceptors (Lipinski definition) is 5. The summed E-state index contributed by atoms with van der Waals surface area (Å²) in [6.07, 6.45) is 1.62. The lowest BCUT2D eigenvalue weighted by atomic mass is 10.0. The summed E-state index contributed by atoms with van der Waals surface area (Å²) >= 11 is 12.5. The molecule has 4 rings (SSSR count). The average molecular weight is 510 g/mol. The van der Waals surface area contributed by atoms with E-state index in [1.807, 2.05) is 43.3 Å². The van der Waals surface area contributed by atoms with Crippen molar-refractivity contribution in [2.24, 2.45) is 4.99 Å². The predicted molar refractivity (Wildman–Crippen MR) is 140 cm³/mol. The van der Waals surface area contributed by atoms with Gasteiger partial charge in [-0.25, -0.2) is 9.79 Å². The minimum atomic E-state index is -0.523. The zero-order chi connectivity index (χ0) is 24.9. The Kier molecular flexibility index (Phi) is 7.79. The number of benzene rings is 3. The third-order valence-corrected chi connectivity index (χ3v) is 5.91. The van der Waals surface area contributed by atoms with Crippen LogP contribution in [-0.4, -0.2) is 18.5 Å². The Hall–Kier alpha value is -3.28. The van der Waals surface area contributed by atoms with Crippen LogP contribution in [0.3, 0.4) is 0 Å². The number of ether oxygens (including phenoxy) is 3. The van der Waals surface area contributed by atoms with E-state index in [0.29, 0.717) is 46.2 Å². The predicted octanol–water partition coefficient (Wildman–Crippen LogP) is 7.44. The highest BCUT2D eigenvalue weighted by molar-refractivity contribution is 6.32. The van der Waals surface area contributed by atoms with Crippen molar-refractivity contribution in [1.82, 2.24) is 0 Å². The standard InChI is InChI=1S/C28H25Cl2NO4/c1-4-33-25-15-19(13-23(30)26(25)34-16-18-5-11-22(29)12-6-18)14-24-28(32)35-27(31-24)21-9-7-20(8-10-21)17(2)3/h5-15,17H,4,16H2,1-3H3/b24-14-. The molecule has 0 spiro atoms. The molecule has 0 saturated heterocycles. The molecule has 0 amide bonds. The van der Waals surface area contributed by atoms with Crippen molar-refractivity contribution < 1.29 is 19.0 Å². The van der Waals surface area contributed by atoms with E-state index in [1.54, 1.807) is 30.3 Å². The molecule has 0 unspecified atom stereocenters. The minimum absolute atomic E-state index is 0.182. The van der Waals surface area contributed by atoms with Crippen LogP contribution in [0.4, 0.5) is 0 Å². The van der Waals surface area contributed by atoms with Crippen LogP contribution in [0.1, 0.15) is 48.9 Å². The lowest BCUT2D eigenvalue weighted by Gasteiger charge is -2.14. The summed E-state index contributed by atoms with van der Waals surface area (Å²) in [4.78, 5) is 16.9. The zero-order valence-electron chi connectivity index (χ0n) is 19.7. The highest BCUT2D eigenvalue weighted by Gasteiger charge is 2.24. The van der Waals surface area contributed by atoms with Gasteiger partial charge in [0.25, 0.3) is 0 Å². The van der Waals surface area contributed by atoms with Crippen molar-refractivity contribution in [3.8, 4) is 11.5 Å². The van der Waals surface area contributed by atoms with Gasteiger partial charge in [0.15, 0.2) is 17.2 Å². The fraction of sp³-hybridized carbons (Fsp3) is 0.214. The van der Waals surface area contributed by atoms with Crippen LogP contribution >= 0.6 is 23.2 Å². The minimum Gasteiger partial charge on any atom is -0.490 e. The molecule has 1 heterocycles. The molecule has 0 aromatic heterocycles. The quantitative estimate of drug-likeness (QED) is 0.234. The number of rotatable bonds is 8. The van der Waals surface area contributed by atoms with Crippen molar-refractivity contribution in [3.05, 3.63) is 98.7 Å². The maximum absolute atomic E-state index is 12.5. The molecule has 0 saturated carbocycles.